The van der Waals surface area contributed by atoms with Crippen molar-refractivity contribution in [3.63, 3.8) is 0 Å². The fraction of sp³-hybridized carbons (Fsp3) is 0.538. The summed E-state index contributed by atoms with van der Waals surface area (Å²) >= 11 is 5.88. The van der Waals surface area contributed by atoms with Gasteiger partial charge in [-0.2, -0.15) is 0 Å². The van der Waals surface area contributed by atoms with Gasteiger partial charge in [0.15, 0.2) is 0 Å². The number of carbonyl (C=O) groups is 2. The fourth-order valence-corrected chi connectivity index (χ4v) is 5.38. The number of piperidine rings is 1. The Morgan fingerprint density at radius 1 is 1.19 bits per heavy atom. The van der Waals surface area contributed by atoms with Crippen LogP contribution in [0.5, 0.6) is 5.75 Å². The van der Waals surface area contributed by atoms with Gasteiger partial charge in [0.25, 0.3) is 0 Å². The lowest BCUT2D eigenvalue weighted by atomic mass is 9.90. The van der Waals surface area contributed by atoms with E-state index in [0.717, 1.165) is 44.2 Å². The summed E-state index contributed by atoms with van der Waals surface area (Å²) in [6.07, 6.45) is 7.64. The second-order valence-corrected chi connectivity index (χ2v) is 10.3. The van der Waals surface area contributed by atoms with E-state index in [1.165, 1.54) is 24.5 Å². The van der Waals surface area contributed by atoms with Crippen molar-refractivity contribution in [2.45, 2.75) is 38.1 Å². The van der Waals surface area contributed by atoms with Gasteiger partial charge in [0, 0.05) is 19.2 Å². The Kier molecular flexibility index (Phi) is 7.27. The standard InChI is InChI=1S/C26H30ClFN4O4/c1-35-25(34)23-15-32(23)24(33)11-18-2-3-20(12-22(18)28)36-9-6-17-10-21(17)16-4-7-31(8-5-16)26-29-13-19(27)14-30-26/h2-3,12-14,16-17,21,23H,4-11,15H2,1H3/t17-,21-,23?,32?/m1/s1. The molecule has 5 rings (SSSR count). The minimum Gasteiger partial charge on any atom is -0.493 e. The molecule has 1 aromatic heterocycles. The number of halogens is 2. The first-order chi connectivity index (χ1) is 17.4. The summed E-state index contributed by atoms with van der Waals surface area (Å²) in [5, 5.41) is 0.549. The van der Waals surface area contributed by atoms with Gasteiger partial charge in [-0.3, -0.25) is 4.79 Å². The zero-order valence-corrected chi connectivity index (χ0v) is 21.0. The maximum atomic E-state index is 14.5. The maximum absolute atomic E-state index is 14.5. The molecule has 8 nitrogen and oxygen atoms in total. The lowest BCUT2D eigenvalue weighted by Gasteiger charge is -2.32. The van der Waals surface area contributed by atoms with E-state index >= 15 is 0 Å². The number of ether oxygens (including phenoxy) is 2. The zero-order valence-electron chi connectivity index (χ0n) is 20.2. The minimum atomic E-state index is -0.538. The SMILES string of the molecule is COC(=O)C1CN1C(=O)Cc1ccc(OCC[C@@H]2C[C@@H]2C2CCN(c3ncc(Cl)cn3)CC2)cc1F. The van der Waals surface area contributed by atoms with E-state index in [4.69, 9.17) is 16.3 Å². The van der Waals surface area contributed by atoms with Crippen LogP contribution in [0, 0.1) is 23.6 Å². The van der Waals surface area contributed by atoms with Gasteiger partial charge in [0.05, 0.1) is 44.1 Å². The average Bonchev–Trinajstić information content (AvgIpc) is 3.81. The monoisotopic (exact) mass is 516 g/mol. The van der Waals surface area contributed by atoms with Crippen LogP contribution in [-0.4, -0.2) is 66.1 Å². The van der Waals surface area contributed by atoms with Crippen LogP contribution < -0.4 is 9.64 Å². The molecule has 0 spiro atoms. The first-order valence-electron chi connectivity index (χ1n) is 12.4. The zero-order chi connectivity index (χ0) is 25.2. The van der Waals surface area contributed by atoms with E-state index < -0.39 is 17.8 Å². The van der Waals surface area contributed by atoms with Crippen molar-refractivity contribution in [3.05, 3.63) is 47.0 Å². The van der Waals surface area contributed by atoms with Crippen LogP contribution in [0.25, 0.3) is 0 Å². The number of anilines is 1. The van der Waals surface area contributed by atoms with Crippen LogP contribution in [0.2, 0.25) is 5.02 Å². The van der Waals surface area contributed by atoms with Gasteiger partial charge >= 0.3 is 5.97 Å². The number of nitrogens with zero attached hydrogens (tertiary/aromatic N) is 4. The number of methoxy groups -OCH3 is 1. The van der Waals surface area contributed by atoms with Gasteiger partial charge in [-0.1, -0.05) is 17.7 Å². The first-order valence-corrected chi connectivity index (χ1v) is 12.8. The molecular formula is C26H30ClFN4O4. The number of hydrogen-bond acceptors (Lipinski definition) is 7. The largest absolute Gasteiger partial charge is 0.493 e. The summed E-state index contributed by atoms with van der Waals surface area (Å²) < 4.78 is 25.0. The Labute approximate surface area is 214 Å². The quantitative estimate of drug-likeness (QED) is 0.372. The van der Waals surface area contributed by atoms with Crippen LogP contribution in [-0.2, 0) is 20.7 Å². The normalized spacial score (nSPS) is 23.4. The van der Waals surface area contributed by atoms with Gasteiger partial charge < -0.3 is 19.3 Å². The first kappa shape index (κ1) is 24.7. The molecular weight excluding hydrogens is 487 g/mol. The highest BCUT2D eigenvalue weighted by molar-refractivity contribution is 6.30. The molecule has 1 aromatic carbocycles. The van der Waals surface area contributed by atoms with Crippen molar-refractivity contribution in [1.29, 1.82) is 0 Å². The molecule has 1 aliphatic carbocycles. The molecule has 3 heterocycles. The molecule has 1 unspecified atom stereocenters. The van der Waals surface area contributed by atoms with Crippen molar-refractivity contribution in [3.8, 4) is 5.75 Å². The van der Waals surface area contributed by atoms with Crippen molar-refractivity contribution in [2.24, 2.45) is 17.8 Å². The number of carbonyl (C=O) groups excluding carboxylic acids is 2. The molecule has 1 amide bonds. The summed E-state index contributed by atoms with van der Waals surface area (Å²) in [6, 6.07) is 4.08. The Morgan fingerprint density at radius 2 is 1.94 bits per heavy atom. The number of hydrogen-bond donors (Lipinski definition) is 0. The van der Waals surface area contributed by atoms with E-state index in [-0.39, 0.29) is 12.3 Å². The van der Waals surface area contributed by atoms with E-state index in [2.05, 4.69) is 19.6 Å². The Morgan fingerprint density at radius 3 is 2.64 bits per heavy atom. The molecule has 10 heteroatoms. The Hall–Kier alpha value is -2.94. The predicted molar refractivity (Wildman–Crippen MR) is 131 cm³/mol. The van der Waals surface area contributed by atoms with Gasteiger partial charge in [0.1, 0.15) is 17.6 Å². The molecule has 0 bridgehead atoms. The highest BCUT2D eigenvalue weighted by atomic mass is 35.5. The Bertz CT molecular complexity index is 1110. The third-order valence-electron chi connectivity index (χ3n) is 7.54. The summed E-state index contributed by atoms with van der Waals surface area (Å²) in [7, 11) is 1.29. The summed E-state index contributed by atoms with van der Waals surface area (Å²) in [5.74, 6) is 2.12. The van der Waals surface area contributed by atoms with Gasteiger partial charge in [-0.05, 0) is 55.1 Å². The second-order valence-electron chi connectivity index (χ2n) is 9.84. The van der Waals surface area contributed by atoms with Gasteiger partial charge in [0.2, 0.25) is 11.9 Å². The van der Waals surface area contributed by atoms with Gasteiger partial charge in [-0.25, -0.2) is 19.2 Å². The fourth-order valence-electron chi connectivity index (χ4n) is 5.28. The number of benzene rings is 1. The van der Waals surface area contributed by atoms with Crippen molar-refractivity contribution >= 4 is 29.4 Å². The lowest BCUT2D eigenvalue weighted by Crippen LogP contribution is -2.35. The van der Waals surface area contributed by atoms with Crippen molar-refractivity contribution in [1.82, 2.24) is 14.9 Å². The smallest absolute Gasteiger partial charge is 0.330 e. The Balaban J connectivity index is 1.02. The molecule has 0 radical (unpaired) electrons. The molecule has 192 valence electrons. The van der Waals surface area contributed by atoms with Crippen LogP contribution in [0.4, 0.5) is 10.3 Å². The number of rotatable bonds is 9. The predicted octanol–water partition coefficient (Wildman–Crippen LogP) is 3.52. The topological polar surface area (TPSA) is 84.6 Å². The van der Waals surface area contributed by atoms with E-state index in [1.54, 1.807) is 24.5 Å². The molecule has 0 N–H and O–H groups in total. The summed E-state index contributed by atoms with van der Waals surface area (Å²) in [4.78, 5) is 36.0. The molecule has 2 aliphatic heterocycles. The van der Waals surface area contributed by atoms with E-state index in [0.29, 0.717) is 41.3 Å². The number of amides is 1. The maximum Gasteiger partial charge on any atom is 0.330 e. The minimum absolute atomic E-state index is 0.0910. The number of esters is 1. The van der Waals surface area contributed by atoms with Crippen LogP contribution >= 0.6 is 11.6 Å². The third kappa shape index (κ3) is 5.72. The molecule has 3 aliphatic rings. The van der Waals surface area contributed by atoms with E-state index in [1.807, 2.05) is 0 Å². The third-order valence-corrected chi connectivity index (χ3v) is 7.74. The highest BCUT2D eigenvalue weighted by Gasteiger charge is 2.45. The van der Waals surface area contributed by atoms with Crippen LogP contribution in [0.3, 0.4) is 0 Å². The highest BCUT2D eigenvalue weighted by Crippen LogP contribution is 2.49. The van der Waals surface area contributed by atoms with Gasteiger partial charge in [-0.15, -0.1) is 0 Å². The molecule has 2 aromatic rings. The molecule has 3 atom stereocenters. The molecule has 3 fully saturated rings. The van der Waals surface area contributed by atoms with Crippen LogP contribution in [0.1, 0.15) is 31.2 Å². The second kappa shape index (κ2) is 10.6. The molecule has 36 heavy (non-hydrogen) atoms. The lowest BCUT2D eigenvalue weighted by molar-refractivity contribution is -0.142. The molecule has 1 saturated carbocycles. The van der Waals surface area contributed by atoms with Crippen LogP contribution in [0.15, 0.2) is 30.6 Å². The molecule has 2 saturated heterocycles. The number of aromatic nitrogens is 2. The van der Waals surface area contributed by atoms with Crippen molar-refractivity contribution in [2.75, 3.05) is 38.3 Å². The van der Waals surface area contributed by atoms with E-state index in [9.17, 15) is 14.0 Å². The average molecular weight is 517 g/mol. The van der Waals surface area contributed by atoms with Crippen molar-refractivity contribution < 1.29 is 23.5 Å². The summed E-state index contributed by atoms with van der Waals surface area (Å²) in [6.45, 7) is 2.79. The summed E-state index contributed by atoms with van der Waals surface area (Å²) in [5.41, 5.74) is 0.292.